The topological polar surface area (TPSA) is 29.4 Å². The number of aliphatic imine (C=N–C) groups is 1. The Morgan fingerprint density at radius 2 is 1.48 bits per heavy atom. The molecule has 2 nitrogen and oxygen atoms in total. The van der Waals surface area contributed by atoms with Crippen molar-refractivity contribution in [1.29, 1.82) is 0 Å². The SMILES string of the molecule is CC(C)(C)c1ccc(C2Sc3ccccc3N=C3c4ccccc4C(=O)C32)cc1. The van der Waals surface area contributed by atoms with Gasteiger partial charge in [-0.25, -0.2) is 0 Å². The second-order valence-corrected chi connectivity index (χ2v) is 9.95. The van der Waals surface area contributed by atoms with Gasteiger partial charge in [-0.3, -0.25) is 9.79 Å². The van der Waals surface area contributed by atoms with Gasteiger partial charge in [0.2, 0.25) is 0 Å². The Morgan fingerprint density at radius 1 is 0.828 bits per heavy atom. The number of thioether (sulfide) groups is 1. The largest absolute Gasteiger partial charge is 0.293 e. The summed E-state index contributed by atoms with van der Waals surface area (Å²) >= 11 is 1.76. The number of Topliss-reactive ketones (excluding diaryl/α,β-unsaturated/α-hetero) is 1. The van der Waals surface area contributed by atoms with E-state index in [1.165, 1.54) is 11.1 Å². The minimum Gasteiger partial charge on any atom is -0.293 e. The molecule has 0 bridgehead atoms. The van der Waals surface area contributed by atoms with Gasteiger partial charge in [0.15, 0.2) is 5.78 Å². The molecule has 3 aromatic rings. The van der Waals surface area contributed by atoms with E-state index < -0.39 is 0 Å². The van der Waals surface area contributed by atoms with Gasteiger partial charge in [0.05, 0.1) is 22.6 Å². The van der Waals surface area contributed by atoms with Gasteiger partial charge in [0.25, 0.3) is 0 Å². The second kappa shape index (κ2) is 6.70. The van der Waals surface area contributed by atoms with E-state index in [1.807, 2.05) is 42.5 Å². The van der Waals surface area contributed by atoms with E-state index in [1.54, 1.807) is 11.8 Å². The van der Waals surface area contributed by atoms with E-state index in [-0.39, 0.29) is 22.4 Å². The van der Waals surface area contributed by atoms with Crippen LogP contribution in [0.3, 0.4) is 0 Å². The summed E-state index contributed by atoms with van der Waals surface area (Å²) in [5.74, 6) is -0.0742. The van der Waals surface area contributed by atoms with Gasteiger partial charge in [-0.2, -0.15) is 0 Å². The van der Waals surface area contributed by atoms with Crippen molar-refractivity contribution in [2.24, 2.45) is 10.9 Å². The number of hydrogen-bond donors (Lipinski definition) is 0. The van der Waals surface area contributed by atoms with E-state index >= 15 is 0 Å². The third-order valence-corrected chi connectivity index (χ3v) is 7.21. The van der Waals surface area contributed by atoms with Crippen LogP contribution in [0.15, 0.2) is 82.7 Å². The molecule has 5 rings (SSSR count). The lowest BCUT2D eigenvalue weighted by atomic mass is 9.85. The highest BCUT2D eigenvalue weighted by Crippen LogP contribution is 2.51. The lowest BCUT2D eigenvalue weighted by Crippen LogP contribution is -2.22. The average Bonchev–Trinajstić information content (AvgIpc) is 2.88. The monoisotopic (exact) mass is 397 g/mol. The summed E-state index contributed by atoms with van der Waals surface area (Å²) in [6, 6.07) is 24.9. The Labute approximate surface area is 176 Å². The number of ketones is 1. The molecule has 1 aliphatic heterocycles. The third-order valence-electron chi connectivity index (χ3n) is 5.81. The molecule has 1 heterocycles. The molecule has 3 aromatic carbocycles. The van der Waals surface area contributed by atoms with Crippen molar-refractivity contribution in [1.82, 2.24) is 0 Å². The summed E-state index contributed by atoms with van der Waals surface area (Å²) in [6.07, 6.45) is 0. The van der Waals surface area contributed by atoms with Crippen molar-refractivity contribution in [3.8, 4) is 0 Å². The highest BCUT2D eigenvalue weighted by molar-refractivity contribution is 7.99. The first-order chi connectivity index (χ1) is 13.9. The fourth-order valence-electron chi connectivity index (χ4n) is 4.21. The summed E-state index contributed by atoms with van der Waals surface area (Å²) in [5.41, 5.74) is 6.23. The highest BCUT2D eigenvalue weighted by atomic mass is 32.2. The molecular weight excluding hydrogens is 374 g/mol. The molecular formula is C26H23NOS. The molecule has 0 aromatic heterocycles. The smallest absolute Gasteiger partial charge is 0.174 e. The van der Waals surface area contributed by atoms with E-state index in [9.17, 15) is 4.79 Å². The molecule has 2 atom stereocenters. The molecule has 1 aliphatic carbocycles. The fourth-order valence-corrected chi connectivity index (χ4v) is 5.56. The number of benzene rings is 3. The average molecular weight is 398 g/mol. The minimum atomic E-state index is -0.259. The zero-order valence-corrected chi connectivity index (χ0v) is 17.7. The number of fused-ring (bicyclic) bond motifs is 4. The molecule has 0 radical (unpaired) electrons. The molecule has 0 fully saturated rings. The Balaban J connectivity index is 1.67. The van der Waals surface area contributed by atoms with Crippen LogP contribution in [-0.4, -0.2) is 11.5 Å². The summed E-state index contributed by atoms with van der Waals surface area (Å²) in [7, 11) is 0. The molecule has 29 heavy (non-hydrogen) atoms. The number of hydrogen-bond acceptors (Lipinski definition) is 3. The van der Waals surface area contributed by atoms with E-state index in [0.717, 1.165) is 27.4 Å². The van der Waals surface area contributed by atoms with E-state index in [2.05, 4.69) is 51.1 Å². The molecule has 144 valence electrons. The van der Waals surface area contributed by atoms with Gasteiger partial charge >= 0.3 is 0 Å². The standard InChI is InChI=1S/C26H23NOS/c1-26(2,3)17-14-12-16(13-15-17)25-22-23(18-8-4-5-9-19(18)24(22)28)27-20-10-6-7-11-21(20)29-25/h4-15,22,25H,1-3H3. The molecule has 0 amide bonds. The quantitative estimate of drug-likeness (QED) is 0.454. The van der Waals surface area contributed by atoms with Gasteiger partial charge < -0.3 is 0 Å². The minimum absolute atomic E-state index is 0.00585. The third kappa shape index (κ3) is 3.05. The number of carbonyl (C=O) groups is 1. The van der Waals surface area contributed by atoms with Crippen molar-refractivity contribution in [3.05, 3.63) is 95.1 Å². The Hall–Kier alpha value is -2.65. The van der Waals surface area contributed by atoms with Crippen LogP contribution >= 0.6 is 11.8 Å². The Bertz CT molecular complexity index is 1140. The zero-order chi connectivity index (χ0) is 20.2. The first-order valence-electron chi connectivity index (χ1n) is 10.0. The van der Waals surface area contributed by atoms with Crippen LogP contribution in [0.1, 0.15) is 53.1 Å². The maximum absolute atomic E-state index is 13.5. The van der Waals surface area contributed by atoms with Crippen molar-refractivity contribution < 1.29 is 4.79 Å². The first kappa shape index (κ1) is 18.4. The normalized spacial score (nSPS) is 20.4. The van der Waals surface area contributed by atoms with Crippen LogP contribution in [0.2, 0.25) is 0 Å². The molecule has 2 unspecified atom stereocenters. The predicted molar refractivity (Wildman–Crippen MR) is 121 cm³/mol. The van der Waals surface area contributed by atoms with Gasteiger partial charge in [0, 0.05) is 16.0 Å². The Kier molecular flexibility index (Phi) is 4.25. The number of para-hydroxylation sites is 1. The van der Waals surface area contributed by atoms with Crippen molar-refractivity contribution in [3.63, 3.8) is 0 Å². The molecule has 0 spiro atoms. The van der Waals surface area contributed by atoms with Crippen molar-refractivity contribution in [2.45, 2.75) is 36.3 Å². The predicted octanol–water partition coefficient (Wildman–Crippen LogP) is 6.76. The maximum Gasteiger partial charge on any atom is 0.174 e. The van der Waals surface area contributed by atoms with Crippen LogP contribution in [-0.2, 0) is 5.41 Å². The zero-order valence-electron chi connectivity index (χ0n) is 16.8. The summed E-state index contributed by atoms with van der Waals surface area (Å²) in [5, 5.41) is 0.00585. The lowest BCUT2D eigenvalue weighted by molar-refractivity contribution is 0.0960. The molecule has 2 aliphatic rings. The number of rotatable bonds is 1. The van der Waals surface area contributed by atoms with Gasteiger partial charge in [0.1, 0.15) is 0 Å². The molecule has 0 N–H and O–H groups in total. The van der Waals surface area contributed by atoms with Crippen molar-refractivity contribution in [2.75, 3.05) is 0 Å². The van der Waals surface area contributed by atoms with E-state index in [0.29, 0.717) is 0 Å². The van der Waals surface area contributed by atoms with Crippen LogP contribution in [0, 0.1) is 5.92 Å². The maximum atomic E-state index is 13.5. The number of carbonyl (C=O) groups excluding carboxylic acids is 1. The van der Waals surface area contributed by atoms with Crippen LogP contribution in [0.5, 0.6) is 0 Å². The molecule has 0 saturated heterocycles. The summed E-state index contributed by atoms with van der Waals surface area (Å²) in [4.78, 5) is 19.6. The Morgan fingerprint density at radius 3 is 2.21 bits per heavy atom. The molecule has 0 saturated carbocycles. The summed E-state index contributed by atoms with van der Waals surface area (Å²) < 4.78 is 0. The van der Waals surface area contributed by atoms with Crippen LogP contribution in [0.4, 0.5) is 5.69 Å². The van der Waals surface area contributed by atoms with Gasteiger partial charge in [-0.1, -0.05) is 81.4 Å². The van der Waals surface area contributed by atoms with Crippen LogP contribution < -0.4 is 0 Å². The van der Waals surface area contributed by atoms with Gasteiger partial charge in [-0.05, 0) is 28.7 Å². The van der Waals surface area contributed by atoms with Crippen molar-refractivity contribution >= 4 is 28.9 Å². The molecule has 3 heteroatoms. The van der Waals surface area contributed by atoms with Crippen LogP contribution in [0.25, 0.3) is 0 Å². The summed E-state index contributed by atoms with van der Waals surface area (Å²) in [6.45, 7) is 6.67. The second-order valence-electron chi connectivity index (χ2n) is 8.76. The highest BCUT2D eigenvalue weighted by Gasteiger charge is 2.44. The van der Waals surface area contributed by atoms with E-state index in [4.69, 9.17) is 4.99 Å². The first-order valence-corrected chi connectivity index (χ1v) is 10.9. The fraction of sp³-hybridized carbons (Fsp3) is 0.231. The number of nitrogens with zero attached hydrogens (tertiary/aromatic N) is 1. The van der Waals surface area contributed by atoms with Gasteiger partial charge in [-0.15, -0.1) is 11.8 Å². The lowest BCUT2D eigenvalue weighted by Gasteiger charge is -2.24.